The molecule has 11 heteroatoms. The van der Waals surface area contributed by atoms with E-state index in [1.165, 1.54) is 25.7 Å². The van der Waals surface area contributed by atoms with Crippen molar-refractivity contribution in [3.63, 3.8) is 0 Å². The van der Waals surface area contributed by atoms with Crippen molar-refractivity contribution in [3.05, 3.63) is 30.5 Å². The van der Waals surface area contributed by atoms with Gasteiger partial charge in [-0.3, -0.25) is 14.4 Å². The molecule has 0 spiro atoms. The van der Waals surface area contributed by atoms with E-state index in [-0.39, 0.29) is 55.5 Å². The van der Waals surface area contributed by atoms with E-state index in [1.807, 2.05) is 10.8 Å². The van der Waals surface area contributed by atoms with Gasteiger partial charge in [-0.25, -0.2) is 9.37 Å². The Kier molecular flexibility index (Phi) is 8.95. The van der Waals surface area contributed by atoms with E-state index in [0.29, 0.717) is 18.4 Å². The monoisotopic (exact) mass is 585 g/mol. The van der Waals surface area contributed by atoms with Crippen LogP contribution in [-0.4, -0.2) is 88.3 Å². The fourth-order valence-corrected chi connectivity index (χ4v) is 8.25. The summed E-state index contributed by atoms with van der Waals surface area (Å²) < 4.78 is 29.7. The van der Waals surface area contributed by atoms with Gasteiger partial charge in [-0.05, 0) is 51.0 Å². The molecule has 3 aliphatic carbocycles. The number of ketones is 1. The maximum absolute atomic E-state index is 16.0. The van der Waals surface area contributed by atoms with Crippen molar-refractivity contribution in [3.8, 4) is 0 Å². The van der Waals surface area contributed by atoms with Crippen molar-refractivity contribution in [2.75, 3.05) is 19.7 Å². The van der Waals surface area contributed by atoms with Gasteiger partial charge in [0.25, 0.3) is 5.91 Å². The fourth-order valence-electron chi connectivity index (χ4n) is 8.25. The predicted octanol–water partition coefficient (Wildman–Crippen LogP) is 2.53. The third kappa shape index (κ3) is 5.86. The zero-order valence-electron chi connectivity index (χ0n) is 24.5. The van der Waals surface area contributed by atoms with Crippen LogP contribution in [0.15, 0.2) is 30.5 Å². The number of carbonyl (C=O) groups is 3. The minimum absolute atomic E-state index is 0.0290. The van der Waals surface area contributed by atoms with Gasteiger partial charge in [0.2, 0.25) is 0 Å². The molecule has 6 rings (SSSR count). The van der Waals surface area contributed by atoms with Crippen molar-refractivity contribution < 1.29 is 28.2 Å². The van der Waals surface area contributed by atoms with Crippen molar-refractivity contribution in [2.24, 2.45) is 17.8 Å². The molecular formula is C31H44FN5O5. The molecule has 9 unspecified atom stereocenters. The molecule has 2 N–H and O–H groups in total. The quantitative estimate of drug-likeness (QED) is 0.245. The number of rotatable bonds is 10. The zero-order valence-corrected chi connectivity index (χ0v) is 24.5. The number of morpholine rings is 1. The number of esters is 1. The number of hydrogen-bond donors (Lipinski definition) is 2. The topological polar surface area (TPSA) is 115 Å². The lowest BCUT2D eigenvalue weighted by atomic mass is 9.65. The van der Waals surface area contributed by atoms with E-state index in [2.05, 4.69) is 20.5 Å². The molecule has 1 amide bonds. The highest BCUT2D eigenvalue weighted by Crippen LogP contribution is 2.50. The Morgan fingerprint density at radius 2 is 1.98 bits per heavy atom. The number of nitrogens with zero attached hydrogens (tertiary/aromatic N) is 3. The molecule has 0 bridgehead atoms. The molecule has 42 heavy (non-hydrogen) atoms. The molecule has 1 saturated heterocycles. The Hall–Kier alpha value is -2.79. The maximum Gasteiger partial charge on any atom is 0.307 e. The molecule has 2 aliphatic heterocycles. The number of nitrogens with one attached hydrogen (secondary N) is 2. The number of carbonyl (C=O) groups excluding carboxylic acids is 3. The maximum atomic E-state index is 16.0. The normalized spacial score (nSPS) is 35.4. The van der Waals surface area contributed by atoms with Crippen LogP contribution in [-0.2, 0) is 30.4 Å². The molecule has 10 nitrogen and oxygen atoms in total. The first-order valence-corrected chi connectivity index (χ1v) is 15.9. The number of amides is 1. The van der Waals surface area contributed by atoms with Gasteiger partial charge in [-0.1, -0.05) is 25.7 Å². The SMILES string of the molecule is CCOC(=O)CCNC(=O)C1=CN2C3CC4CCCCC4CC3OC3C(NCCCn4ccnc4)C(F)CC(C1=O)C32. The second kappa shape index (κ2) is 12.8. The summed E-state index contributed by atoms with van der Waals surface area (Å²) in [5.41, 5.74) is 0.0595. The summed E-state index contributed by atoms with van der Waals surface area (Å²) in [4.78, 5) is 45.1. The first-order valence-electron chi connectivity index (χ1n) is 15.9. The van der Waals surface area contributed by atoms with Crippen LogP contribution in [0.4, 0.5) is 4.39 Å². The average Bonchev–Trinajstić information content (AvgIpc) is 3.50. The number of halogens is 1. The molecule has 3 saturated carbocycles. The number of aryl methyl sites for hydroxylation is 1. The Morgan fingerprint density at radius 1 is 1.17 bits per heavy atom. The Balaban J connectivity index is 1.22. The highest BCUT2D eigenvalue weighted by Gasteiger charge is 2.59. The standard InChI is InChI=1S/C31H44FN5O5/c1-2-41-26(38)8-10-35-31(40)22-17-37-24-14-19-6-3-4-7-20(19)15-25(24)42-30-27(23(32)16-21(28(30)37)29(22)39)34-9-5-12-36-13-11-33-18-36/h11,13,17-21,23-25,27-28,30,34H,2-10,12,14-16H2,1H3,(H,35,40). The van der Waals surface area contributed by atoms with Crippen LogP contribution in [0.25, 0.3) is 0 Å². The molecule has 0 radical (unpaired) electrons. The van der Waals surface area contributed by atoms with Gasteiger partial charge in [-0.15, -0.1) is 0 Å². The summed E-state index contributed by atoms with van der Waals surface area (Å²) in [6.45, 7) is 3.48. The second-order valence-corrected chi connectivity index (χ2v) is 12.6. The fraction of sp³-hybridized carbons (Fsp3) is 0.742. The van der Waals surface area contributed by atoms with Gasteiger partial charge in [0, 0.05) is 37.6 Å². The summed E-state index contributed by atoms with van der Waals surface area (Å²) in [5, 5.41) is 6.18. The van der Waals surface area contributed by atoms with Crippen LogP contribution in [0, 0.1) is 17.8 Å². The lowest BCUT2D eigenvalue weighted by Gasteiger charge is -2.61. The number of imidazole rings is 1. The van der Waals surface area contributed by atoms with Crippen LogP contribution >= 0.6 is 0 Å². The first-order chi connectivity index (χ1) is 20.4. The molecule has 9 atom stereocenters. The number of Topliss-reactive ketones (excluding diaryl/α,β-unsaturated/α-hetero) is 1. The predicted molar refractivity (Wildman–Crippen MR) is 152 cm³/mol. The van der Waals surface area contributed by atoms with E-state index in [4.69, 9.17) is 9.47 Å². The largest absolute Gasteiger partial charge is 0.466 e. The number of hydrogen-bond acceptors (Lipinski definition) is 8. The van der Waals surface area contributed by atoms with Crippen LogP contribution < -0.4 is 10.6 Å². The molecular weight excluding hydrogens is 541 g/mol. The van der Waals surface area contributed by atoms with E-state index in [0.717, 1.165) is 25.8 Å². The molecule has 4 fully saturated rings. The lowest BCUT2D eigenvalue weighted by Crippen LogP contribution is -2.73. The number of alkyl halides is 1. The summed E-state index contributed by atoms with van der Waals surface area (Å²) >= 11 is 0. The van der Waals surface area contributed by atoms with Gasteiger partial charge in [0.15, 0.2) is 5.78 Å². The van der Waals surface area contributed by atoms with Crippen molar-refractivity contribution >= 4 is 17.7 Å². The van der Waals surface area contributed by atoms with E-state index in [9.17, 15) is 14.4 Å². The second-order valence-electron chi connectivity index (χ2n) is 12.6. The Morgan fingerprint density at radius 3 is 2.74 bits per heavy atom. The van der Waals surface area contributed by atoms with Crippen molar-refractivity contribution in [2.45, 2.75) is 108 Å². The van der Waals surface area contributed by atoms with Crippen molar-refractivity contribution in [1.82, 2.24) is 25.1 Å². The zero-order chi connectivity index (χ0) is 29.2. The minimum Gasteiger partial charge on any atom is -0.466 e. The number of aromatic nitrogens is 2. The third-order valence-electron chi connectivity index (χ3n) is 10.2. The highest BCUT2D eigenvalue weighted by molar-refractivity contribution is 6.20. The van der Waals surface area contributed by atoms with Gasteiger partial charge < -0.3 is 29.6 Å². The van der Waals surface area contributed by atoms with Crippen LogP contribution in [0.3, 0.4) is 0 Å². The van der Waals surface area contributed by atoms with E-state index < -0.39 is 36.1 Å². The molecule has 5 aliphatic rings. The molecule has 3 heterocycles. The Labute approximate surface area is 246 Å². The number of ether oxygens (including phenoxy) is 2. The highest BCUT2D eigenvalue weighted by atomic mass is 19.1. The summed E-state index contributed by atoms with van der Waals surface area (Å²) in [6.07, 6.45) is 13.1. The van der Waals surface area contributed by atoms with Crippen molar-refractivity contribution in [1.29, 1.82) is 0 Å². The van der Waals surface area contributed by atoms with Gasteiger partial charge in [-0.2, -0.15) is 0 Å². The lowest BCUT2D eigenvalue weighted by molar-refractivity contribution is -0.208. The summed E-state index contributed by atoms with van der Waals surface area (Å²) in [7, 11) is 0. The molecule has 1 aromatic heterocycles. The van der Waals surface area contributed by atoms with Crippen LogP contribution in [0.1, 0.15) is 64.7 Å². The van der Waals surface area contributed by atoms with E-state index in [1.54, 1.807) is 25.6 Å². The molecule has 1 aromatic rings. The summed E-state index contributed by atoms with van der Waals surface area (Å²) in [5.74, 6) is -0.676. The summed E-state index contributed by atoms with van der Waals surface area (Å²) in [6, 6.07) is -0.780. The Bertz CT molecular complexity index is 1160. The third-order valence-corrected chi connectivity index (χ3v) is 10.2. The van der Waals surface area contributed by atoms with E-state index >= 15 is 4.39 Å². The van der Waals surface area contributed by atoms with Crippen LogP contribution in [0.5, 0.6) is 0 Å². The number of fused-ring (bicyclic) bond motifs is 3. The minimum atomic E-state index is -1.27. The van der Waals surface area contributed by atoms with Crippen LogP contribution in [0.2, 0.25) is 0 Å². The van der Waals surface area contributed by atoms with Gasteiger partial charge in [0.1, 0.15) is 6.17 Å². The smallest absolute Gasteiger partial charge is 0.307 e. The average molecular weight is 586 g/mol. The van der Waals surface area contributed by atoms with Gasteiger partial charge in [0.05, 0.1) is 55.3 Å². The molecule has 0 aromatic carbocycles. The van der Waals surface area contributed by atoms with Gasteiger partial charge >= 0.3 is 5.97 Å². The molecule has 230 valence electrons. The first kappa shape index (κ1) is 29.3.